The van der Waals surface area contributed by atoms with E-state index in [0.717, 1.165) is 42.8 Å². The summed E-state index contributed by atoms with van der Waals surface area (Å²) in [7, 11) is 0. The Morgan fingerprint density at radius 2 is 2.05 bits per heavy atom. The van der Waals surface area contributed by atoms with Crippen molar-refractivity contribution in [2.24, 2.45) is 11.7 Å². The molecule has 0 bridgehead atoms. The minimum Gasteiger partial charge on any atom is -0.370 e. The molecule has 4 nitrogen and oxygen atoms in total. The molecular formula is C17H21ClN2O2. The van der Waals surface area contributed by atoms with Crippen LogP contribution >= 0.6 is 11.6 Å². The Morgan fingerprint density at radius 1 is 1.27 bits per heavy atom. The summed E-state index contributed by atoms with van der Waals surface area (Å²) in [6.45, 7) is 0.739. The Bertz CT molecular complexity index is 590. The second kappa shape index (κ2) is 6.29. The highest BCUT2D eigenvalue weighted by atomic mass is 35.5. The molecule has 3 atom stereocenters. The van der Waals surface area contributed by atoms with Gasteiger partial charge in [-0.05, 0) is 43.2 Å². The minimum absolute atomic E-state index is 0.00776. The molecule has 0 aromatic heterocycles. The molecule has 1 saturated heterocycles. The fraction of sp³-hybridized carbons (Fsp3) is 0.529. The van der Waals surface area contributed by atoms with Crippen LogP contribution in [0.4, 0.5) is 0 Å². The first-order chi connectivity index (χ1) is 10.6. The second-order valence-electron chi connectivity index (χ2n) is 6.32. The molecule has 0 radical (unpaired) electrons. The van der Waals surface area contributed by atoms with E-state index in [-0.39, 0.29) is 36.1 Å². The quantitative estimate of drug-likeness (QED) is 0.927. The monoisotopic (exact) mass is 320 g/mol. The lowest BCUT2D eigenvalue weighted by Gasteiger charge is -2.35. The van der Waals surface area contributed by atoms with E-state index >= 15 is 0 Å². The zero-order chi connectivity index (χ0) is 15.7. The van der Waals surface area contributed by atoms with Gasteiger partial charge in [0.05, 0.1) is 0 Å². The van der Waals surface area contributed by atoms with Crippen molar-refractivity contribution in [2.75, 3.05) is 6.54 Å². The fourth-order valence-corrected chi connectivity index (χ4v) is 3.81. The van der Waals surface area contributed by atoms with Crippen LogP contribution in [-0.4, -0.2) is 29.3 Å². The summed E-state index contributed by atoms with van der Waals surface area (Å²) in [6.07, 6.45) is 4.06. The Kier molecular flexibility index (Phi) is 4.39. The molecule has 2 N–H and O–H groups in total. The van der Waals surface area contributed by atoms with Crippen LogP contribution in [0.3, 0.4) is 0 Å². The number of hydrogen-bond donors (Lipinski definition) is 1. The van der Waals surface area contributed by atoms with Gasteiger partial charge in [-0.2, -0.15) is 0 Å². The summed E-state index contributed by atoms with van der Waals surface area (Å²) in [5, 5.41) is 0.732. The van der Waals surface area contributed by atoms with Gasteiger partial charge in [0.25, 0.3) is 0 Å². The molecule has 1 aliphatic carbocycles. The number of nitrogens with two attached hydrogens (primary N) is 1. The molecule has 3 rings (SSSR count). The Labute approximate surface area is 135 Å². The maximum atomic E-state index is 12.8. The normalized spacial score (nSPS) is 27.5. The SMILES string of the molecule is NC(=O)C[C@@H]1CCCCN1C(=O)[C@@H]1C[C@H]1c1ccccc1Cl. The van der Waals surface area contributed by atoms with Crippen molar-refractivity contribution in [3.05, 3.63) is 34.9 Å². The van der Waals surface area contributed by atoms with Crippen LogP contribution in [0.5, 0.6) is 0 Å². The molecule has 1 aliphatic heterocycles. The van der Waals surface area contributed by atoms with Gasteiger partial charge in [0.2, 0.25) is 11.8 Å². The maximum Gasteiger partial charge on any atom is 0.226 e. The number of piperidine rings is 1. The lowest BCUT2D eigenvalue weighted by molar-refractivity contribution is -0.137. The Hall–Kier alpha value is -1.55. The van der Waals surface area contributed by atoms with Gasteiger partial charge in [0, 0.05) is 29.9 Å². The molecule has 1 aromatic rings. The van der Waals surface area contributed by atoms with Crippen molar-refractivity contribution in [1.82, 2.24) is 4.90 Å². The second-order valence-corrected chi connectivity index (χ2v) is 6.73. The molecule has 1 aromatic carbocycles. The van der Waals surface area contributed by atoms with Gasteiger partial charge in [-0.15, -0.1) is 0 Å². The van der Waals surface area contributed by atoms with Crippen LogP contribution in [0.15, 0.2) is 24.3 Å². The molecule has 5 heteroatoms. The zero-order valence-electron chi connectivity index (χ0n) is 12.5. The van der Waals surface area contributed by atoms with Gasteiger partial charge in [0.15, 0.2) is 0 Å². The summed E-state index contributed by atoms with van der Waals surface area (Å²) >= 11 is 6.23. The first-order valence-corrected chi connectivity index (χ1v) is 8.29. The van der Waals surface area contributed by atoms with Crippen molar-refractivity contribution >= 4 is 23.4 Å². The van der Waals surface area contributed by atoms with Gasteiger partial charge in [-0.1, -0.05) is 29.8 Å². The van der Waals surface area contributed by atoms with Crippen molar-refractivity contribution in [3.63, 3.8) is 0 Å². The summed E-state index contributed by atoms with van der Waals surface area (Å²) < 4.78 is 0. The third-order valence-corrected chi connectivity index (χ3v) is 5.10. The highest BCUT2D eigenvalue weighted by molar-refractivity contribution is 6.31. The lowest BCUT2D eigenvalue weighted by atomic mass is 9.98. The first-order valence-electron chi connectivity index (χ1n) is 7.91. The van der Waals surface area contributed by atoms with Crippen molar-refractivity contribution in [1.29, 1.82) is 0 Å². The van der Waals surface area contributed by atoms with E-state index < -0.39 is 0 Å². The van der Waals surface area contributed by atoms with E-state index in [1.165, 1.54) is 0 Å². The van der Waals surface area contributed by atoms with Crippen LogP contribution in [-0.2, 0) is 9.59 Å². The number of carbonyl (C=O) groups excluding carboxylic acids is 2. The molecule has 0 unspecified atom stereocenters. The van der Waals surface area contributed by atoms with Gasteiger partial charge in [-0.3, -0.25) is 9.59 Å². The third kappa shape index (κ3) is 3.12. The van der Waals surface area contributed by atoms with Crippen LogP contribution in [0.2, 0.25) is 5.02 Å². The van der Waals surface area contributed by atoms with Gasteiger partial charge >= 0.3 is 0 Å². The topological polar surface area (TPSA) is 63.4 Å². The number of carbonyl (C=O) groups is 2. The Morgan fingerprint density at radius 3 is 2.77 bits per heavy atom. The fourth-order valence-electron chi connectivity index (χ4n) is 3.54. The number of halogens is 1. The summed E-state index contributed by atoms with van der Waals surface area (Å²) in [6, 6.07) is 7.70. The molecule has 118 valence electrons. The van der Waals surface area contributed by atoms with Crippen molar-refractivity contribution in [3.8, 4) is 0 Å². The summed E-state index contributed by atoms with van der Waals surface area (Å²) in [4.78, 5) is 25.9. The molecular weight excluding hydrogens is 300 g/mol. The van der Waals surface area contributed by atoms with Gasteiger partial charge in [0.1, 0.15) is 0 Å². The Balaban J connectivity index is 1.69. The number of primary amides is 1. The lowest BCUT2D eigenvalue weighted by Crippen LogP contribution is -2.46. The minimum atomic E-state index is -0.330. The van der Waals surface area contributed by atoms with E-state index in [2.05, 4.69) is 0 Å². The van der Waals surface area contributed by atoms with Crippen LogP contribution in [0, 0.1) is 5.92 Å². The molecule has 22 heavy (non-hydrogen) atoms. The maximum absolute atomic E-state index is 12.8. The summed E-state index contributed by atoms with van der Waals surface area (Å²) in [5.74, 6) is 0.0600. The first kappa shape index (κ1) is 15.3. The van der Waals surface area contributed by atoms with E-state index in [0.29, 0.717) is 0 Å². The highest BCUT2D eigenvalue weighted by Crippen LogP contribution is 2.50. The molecule has 1 heterocycles. The van der Waals surface area contributed by atoms with E-state index in [1.807, 2.05) is 29.2 Å². The number of likely N-dealkylation sites (tertiary alicyclic amines) is 1. The number of amides is 2. The average Bonchev–Trinajstić information content (AvgIpc) is 3.27. The van der Waals surface area contributed by atoms with Crippen LogP contribution in [0.1, 0.15) is 43.6 Å². The summed E-state index contributed by atoms with van der Waals surface area (Å²) in [5.41, 5.74) is 6.38. The molecule has 2 amide bonds. The molecule has 2 fully saturated rings. The average molecular weight is 321 g/mol. The van der Waals surface area contributed by atoms with Crippen molar-refractivity contribution < 1.29 is 9.59 Å². The third-order valence-electron chi connectivity index (χ3n) is 4.76. The predicted octanol–water partition coefficient (Wildman–Crippen LogP) is 2.70. The zero-order valence-corrected chi connectivity index (χ0v) is 13.3. The largest absolute Gasteiger partial charge is 0.370 e. The smallest absolute Gasteiger partial charge is 0.226 e. The highest BCUT2D eigenvalue weighted by Gasteiger charge is 2.47. The molecule has 0 spiro atoms. The number of hydrogen-bond acceptors (Lipinski definition) is 2. The van der Waals surface area contributed by atoms with E-state index in [4.69, 9.17) is 17.3 Å². The van der Waals surface area contributed by atoms with Gasteiger partial charge < -0.3 is 10.6 Å². The van der Waals surface area contributed by atoms with E-state index in [1.54, 1.807) is 0 Å². The van der Waals surface area contributed by atoms with Crippen molar-refractivity contribution in [2.45, 2.75) is 44.1 Å². The number of nitrogens with zero attached hydrogens (tertiary/aromatic N) is 1. The van der Waals surface area contributed by atoms with Crippen LogP contribution in [0.25, 0.3) is 0 Å². The van der Waals surface area contributed by atoms with E-state index in [9.17, 15) is 9.59 Å². The van der Waals surface area contributed by atoms with Crippen LogP contribution < -0.4 is 5.73 Å². The predicted molar refractivity (Wildman–Crippen MR) is 85.5 cm³/mol. The standard InChI is InChI=1S/C17H21ClN2O2/c18-15-7-2-1-6-12(15)13-10-14(13)17(22)20-8-4-3-5-11(20)9-16(19)21/h1-2,6-7,11,13-14H,3-5,8-10H2,(H2,19,21)/t11-,13-,14+/m0/s1. The van der Waals surface area contributed by atoms with Gasteiger partial charge in [-0.25, -0.2) is 0 Å². The molecule has 2 aliphatic rings. The number of benzene rings is 1. The number of rotatable bonds is 4. The molecule has 1 saturated carbocycles.